The van der Waals surface area contributed by atoms with Crippen molar-refractivity contribution in [2.24, 2.45) is 0 Å². The van der Waals surface area contributed by atoms with Gasteiger partial charge in [0.1, 0.15) is 5.82 Å². The number of aliphatic hydroxyl groups is 1. The van der Waals surface area contributed by atoms with Gasteiger partial charge in [0, 0.05) is 38.8 Å². The lowest BCUT2D eigenvalue weighted by atomic mass is 9.94. The van der Waals surface area contributed by atoms with Crippen LogP contribution in [0.5, 0.6) is 0 Å². The molecule has 5 nitrogen and oxygen atoms in total. The number of hydrogen-bond donors (Lipinski definition) is 3. The van der Waals surface area contributed by atoms with E-state index in [9.17, 15) is 5.11 Å². The number of aryl methyl sites for hydroxylation is 1. The highest BCUT2D eigenvalue weighted by Gasteiger charge is 2.29. The monoisotopic (exact) mass is 237 g/mol. The van der Waals surface area contributed by atoms with E-state index in [-0.39, 0.29) is 0 Å². The van der Waals surface area contributed by atoms with Gasteiger partial charge in [-0.15, -0.1) is 0 Å². The van der Waals surface area contributed by atoms with Crippen LogP contribution in [0.25, 0.3) is 0 Å². The molecule has 5 heteroatoms. The Balaban J connectivity index is 1.97. The summed E-state index contributed by atoms with van der Waals surface area (Å²) in [4.78, 5) is 4.21. The minimum atomic E-state index is -0.711. The van der Waals surface area contributed by atoms with Gasteiger partial charge in [-0.3, -0.25) is 0 Å². The third kappa shape index (κ3) is 3.08. The number of aromatic nitrogens is 1. The molecule has 0 spiro atoms. The van der Waals surface area contributed by atoms with Crippen LogP contribution in [-0.2, 0) is 4.74 Å². The number of nitrogens with zero attached hydrogens (tertiary/aromatic N) is 1. The zero-order chi connectivity index (χ0) is 12.3. The van der Waals surface area contributed by atoms with Crippen molar-refractivity contribution in [2.45, 2.75) is 25.4 Å². The highest BCUT2D eigenvalue weighted by Crippen LogP contribution is 2.22. The first kappa shape index (κ1) is 12.1. The molecule has 1 aliphatic rings. The van der Waals surface area contributed by atoms with Crippen LogP contribution >= 0.6 is 0 Å². The van der Waals surface area contributed by atoms with E-state index in [0.717, 1.165) is 5.56 Å². The van der Waals surface area contributed by atoms with E-state index in [2.05, 4.69) is 10.3 Å². The standard InChI is InChI=1S/C12H19N3O2/c1-9-6-10(13)11(14-7-9)15-8-12(16)2-4-17-5-3-12/h6-7,16H,2-5,8,13H2,1H3,(H,14,15). The number of nitrogen functional groups attached to an aromatic ring is 1. The number of ether oxygens (including phenoxy) is 1. The first-order valence-corrected chi connectivity index (χ1v) is 5.85. The smallest absolute Gasteiger partial charge is 0.149 e. The van der Waals surface area contributed by atoms with Crippen LogP contribution in [0.4, 0.5) is 11.5 Å². The van der Waals surface area contributed by atoms with Crippen LogP contribution in [0, 0.1) is 6.92 Å². The van der Waals surface area contributed by atoms with E-state index in [0.29, 0.717) is 44.1 Å². The molecule has 1 aromatic heterocycles. The summed E-state index contributed by atoms with van der Waals surface area (Å²) in [5.41, 5.74) is 6.78. The van der Waals surface area contributed by atoms with Crippen LogP contribution in [0.3, 0.4) is 0 Å². The Morgan fingerprint density at radius 3 is 2.88 bits per heavy atom. The average molecular weight is 237 g/mol. The molecule has 1 aromatic rings. The number of pyridine rings is 1. The molecular weight excluding hydrogens is 218 g/mol. The molecule has 2 heterocycles. The summed E-state index contributed by atoms with van der Waals surface area (Å²) in [5, 5.41) is 13.4. The predicted octanol–water partition coefficient (Wildman–Crippen LogP) is 0.926. The number of rotatable bonds is 3. The lowest BCUT2D eigenvalue weighted by Gasteiger charge is -2.32. The fourth-order valence-corrected chi connectivity index (χ4v) is 1.92. The van der Waals surface area contributed by atoms with Crippen LogP contribution in [-0.4, -0.2) is 35.5 Å². The topological polar surface area (TPSA) is 80.4 Å². The second-order valence-electron chi connectivity index (χ2n) is 4.64. The molecule has 0 bridgehead atoms. The van der Waals surface area contributed by atoms with Gasteiger partial charge in [-0.25, -0.2) is 4.98 Å². The van der Waals surface area contributed by atoms with Gasteiger partial charge in [0.05, 0.1) is 11.3 Å². The van der Waals surface area contributed by atoms with Crippen LogP contribution in [0.2, 0.25) is 0 Å². The summed E-state index contributed by atoms with van der Waals surface area (Å²) in [6.45, 7) is 3.61. The van der Waals surface area contributed by atoms with Crippen molar-refractivity contribution in [3.8, 4) is 0 Å². The van der Waals surface area contributed by atoms with Crippen molar-refractivity contribution >= 4 is 11.5 Å². The maximum atomic E-state index is 10.3. The minimum absolute atomic E-state index is 0.455. The van der Waals surface area contributed by atoms with E-state index < -0.39 is 5.60 Å². The van der Waals surface area contributed by atoms with Gasteiger partial charge < -0.3 is 20.9 Å². The van der Waals surface area contributed by atoms with E-state index in [1.165, 1.54) is 0 Å². The number of nitrogens with one attached hydrogen (secondary N) is 1. The third-order valence-corrected chi connectivity index (χ3v) is 3.06. The summed E-state index contributed by atoms with van der Waals surface area (Å²) in [6, 6.07) is 1.86. The third-order valence-electron chi connectivity index (χ3n) is 3.06. The Kier molecular flexibility index (Phi) is 3.49. The van der Waals surface area contributed by atoms with Gasteiger partial charge in [-0.2, -0.15) is 0 Å². The van der Waals surface area contributed by atoms with Gasteiger partial charge in [0.25, 0.3) is 0 Å². The zero-order valence-electron chi connectivity index (χ0n) is 10.1. The molecule has 0 radical (unpaired) electrons. The van der Waals surface area contributed by atoms with E-state index in [1.54, 1.807) is 6.20 Å². The molecule has 0 atom stereocenters. The molecule has 94 valence electrons. The van der Waals surface area contributed by atoms with Crippen molar-refractivity contribution in [3.63, 3.8) is 0 Å². The maximum Gasteiger partial charge on any atom is 0.149 e. The van der Waals surface area contributed by atoms with Crippen LogP contribution in [0.15, 0.2) is 12.3 Å². The molecule has 1 fully saturated rings. The largest absolute Gasteiger partial charge is 0.396 e. The van der Waals surface area contributed by atoms with Gasteiger partial charge in [-0.1, -0.05) is 0 Å². The minimum Gasteiger partial charge on any atom is -0.396 e. The molecule has 17 heavy (non-hydrogen) atoms. The Labute approximate surface area is 101 Å². The first-order chi connectivity index (χ1) is 8.09. The molecule has 0 aliphatic carbocycles. The Morgan fingerprint density at radius 2 is 2.24 bits per heavy atom. The quantitative estimate of drug-likeness (QED) is 0.728. The first-order valence-electron chi connectivity index (χ1n) is 5.85. The Hall–Kier alpha value is -1.33. The highest BCUT2D eigenvalue weighted by atomic mass is 16.5. The number of nitrogens with two attached hydrogens (primary N) is 1. The number of hydrogen-bond acceptors (Lipinski definition) is 5. The molecule has 1 aliphatic heterocycles. The van der Waals surface area contributed by atoms with Crippen LogP contribution < -0.4 is 11.1 Å². The second-order valence-corrected chi connectivity index (χ2v) is 4.64. The van der Waals surface area contributed by atoms with Crippen molar-refractivity contribution < 1.29 is 9.84 Å². The van der Waals surface area contributed by atoms with Gasteiger partial charge >= 0.3 is 0 Å². The lowest BCUT2D eigenvalue weighted by Crippen LogP contribution is -2.42. The SMILES string of the molecule is Cc1cnc(NCC2(O)CCOCC2)c(N)c1. The van der Waals surface area contributed by atoms with Gasteiger partial charge in [0.15, 0.2) is 0 Å². The Bertz CT molecular complexity index is 389. The van der Waals surface area contributed by atoms with E-state index >= 15 is 0 Å². The molecule has 0 amide bonds. The summed E-state index contributed by atoms with van der Waals surface area (Å²) >= 11 is 0. The van der Waals surface area contributed by atoms with Gasteiger partial charge in [-0.05, 0) is 18.6 Å². The second kappa shape index (κ2) is 4.89. The summed E-state index contributed by atoms with van der Waals surface area (Å²) in [7, 11) is 0. The lowest BCUT2D eigenvalue weighted by molar-refractivity contribution is -0.0543. The molecule has 4 N–H and O–H groups in total. The maximum absolute atomic E-state index is 10.3. The normalized spacial score (nSPS) is 18.9. The molecule has 0 saturated carbocycles. The predicted molar refractivity (Wildman–Crippen MR) is 66.9 cm³/mol. The molecular formula is C12H19N3O2. The number of anilines is 2. The van der Waals surface area contributed by atoms with Crippen molar-refractivity contribution in [2.75, 3.05) is 30.8 Å². The summed E-state index contributed by atoms with van der Waals surface area (Å²) in [5.74, 6) is 0.635. The van der Waals surface area contributed by atoms with Gasteiger partial charge in [0.2, 0.25) is 0 Å². The van der Waals surface area contributed by atoms with E-state index in [1.807, 2.05) is 13.0 Å². The van der Waals surface area contributed by atoms with E-state index in [4.69, 9.17) is 10.5 Å². The highest BCUT2D eigenvalue weighted by molar-refractivity contribution is 5.61. The molecule has 1 saturated heterocycles. The summed E-state index contributed by atoms with van der Waals surface area (Å²) in [6.07, 6.45) is 3.05. The molecule has 2 rings (SSSR count). The average Bonchev–Trinajstić information content (AvgIpc) is 2.29. The molecule has 0 unspecified atom stereocenters. The molecule has 0 aromatic carbocycles. The Morgan fingerprint density at radius 1 is 1.53 bits per heavy atom. The zero-order valence-corrected chi connectivity index (χ0v) is 10.1. The summed E-state index contributed by atoms with van der Waals surface area (Å²) < 4.78 is 5.23. The van der Waals surface area contributed by atoms with Crippen molar-refractivity contribution in [1.29, 1.82) is 0 Å². The fraction of sp³-hybridized carbons (Fsp3) is 0.583. The fourth-order valence-electron chi connectivity index (χ4n) is 1.92. The van der Waals surface area contributed by atoms with Crippen LogP contribution in [0.1, 0.15) is 18.4 Å². The van der Waals surface area contributed by atoms with Crippen molar-refractivity contribution in [1.82, 2.24) is 4.98 Å². The van der Waals surface area contributed by atoms with Crippen molar-refractivity contribution in [3.05, 3.63) is 17.8 Å².